The van der Waals surface area contributed by atoms with Gasteiger partial charge in [-0.3, -0.25) is 4.31 Å². The Hall–Kier alpha value is -2.60. The number of alkyl carbamates (subject to hydrolysis) is 1. The number of carbonyl (C=O) groups is 1. The summed E-state index contributed by atoms with van der Waals surface area (Å²) in [5, 5.41) is 14.2. The molecule has 1 atom stereocenters. The Morgan fingerprint density at radius 1 is 1.15 bits per heavy atom. The third-order valence-electron chi connectivity index (χ3n) is 4.60. The molecule has 0 bridgehead atoms. The molecule has 1 heterocycles. The fraction of sp³-hybridized carbons (Fsp3) is 0.300. The van der Waals surface area contributed by atoms with Crippen LogP contribution in [-0.2, 0) is 21.3 Å². The zero-order valence-corrected chi connectivity index (χ0v) is 21.0. The average Bonchev–Trinajstić information content (AvgIpc) is 3.31. The smallest absolute Gasteiger partial charge is 0.407 e. The number of halogens is 3. The molecule has 14 heteroatoms. The number of sulfonamides is 1. The number of rotatable bonds is 10. The summed E-state index contributed by atoms with van der Waals surface area (Å²) in [6, 6.07) is 9.36. The Balaban J connectivity index is 1.72. The molecule has 1 amide bonds. The number of aromatic nitrogens is 4. The molecule has 1 N–H and O–H groups in total. The Morgan fingerprint density at radius 3 is 2.53 bits per heavy atom. The van der Waals surface area contributed by atoms with Crippen LogP contribution in [0.2, 0.25) is 15.1 Å². The quantitative estimate of drug-likeness (QED) is 0.381. The normalized spacial score (nSPS) is 12.2. The van der Waals surface area contributed by atoms with Gasteiger partial charge in [0.2, 0.25) is 0 Å². The first-order valence-electron chi connectivity index (χ1n) is 10.0. The molecule has 34 heavy (non-hydrogen) atoms. The van der Waals surface area contributed by atoms with Crippen molar-refractivity contribution < 1.29 is 17.9 Å². The molecular weight excluding hydrogens is 527 g/mol. The van der Waals surface area contributed by atoms with E-state index in [0.29, 0.717) is 29.6 Å². The van der Waals surface area contributed by atoms with E-state index in [0.717, 1.165) is 4.31 Å². The highest BCUT2D eigenvalue weighted by atomic mass is 35.5. The van der Waals surface area contributed by atoms with E-state index in [1.807, 2.05) is 0 Å². The number of benzene rings is 2. The average molecular weight is 548 g/mol. The standard InChI is InChI=1S/C20H21Cl3N6O4S/c1-14(12-33-20(30)24-9-2-10-28-13-25-26-27-28)29(19-11-16(22)5-8-18(19)23)34(31,32)17-6-3-15(21)4-7-17/h3-8,11,13-14H,2,9-10,12H2,1H3,(H,24,30)/t14-/m1/s1. The first kappa shape index (κ1) is 26.0. The van der Waals surface area contributed by atoms with Crippen LogP contribution in [0.25, 0.3) is 0 Å². The van der Waals surface area contributed by atoms with Gasteiger partial charge in [0, 0.05) is 23.1 Å². The second-order valence-electron chi connectivity index (χ2n) is 7.15. The highest BCUT2D eigenvalue weighted by Gasteiger charge is 2.32. The van der Waals surface area contributed by atoms with E-state index in [-0.39, 0.29) is 22.2 Å². The lowest BCUT2D eigenvalue weighted by atomic mass is 10.2. The van der Waals surface area contributed by atoms with Crippen molar-refractivity contribution in [1.82, 2.24) is 25.5 Å². The van der Waals surface area contributed by atoms with E-state index in [1.165, 1.54) is 47.4 Å². The van der Waals surface area contributed by atoms with Gasteiger partial charge in [0.25, 0.3) is 10.0 Å². The number of tetrazole rings is 1. The number of amides is 1. The maximum atomic E-state index is 13.5. The van der Waals surface area contributed by atoms with Gasteiger partial charge in [0.15, 0.2) is 0 Å². The molecule has 0 saturated heterocycles. The summed E-state index contributed by atoms with van der Waals surface area (Å²) in [7, 11) is -4.10. The van der Waals surface area contributed by atoms with Gasteiger partial charge in [0.05, 0.1) is 21.6 Å². The maximum absolute atomic E-state index is 13.5. The number of anilines is 1. The third-order valence-corrected chi connectivity index (χ3v) is 7.35. The van der Waals surface area contributed by atoms with E-state index in [1.54, 1.807) is 13.0 Å². The number of aryl methyl sites for hydroxylation is 1. The Bertz CT molecular complexity index is 1210. The summed E-state index contributed by atoms with van der Waals surface area (Å²) in [6.07, 6.45) is 1.35. The van der Waals surface area contributed by atoms with Crippen molar-refractivity contribution in [1.29, 1.82) is 0 Å². The van der Waals surface area contributed by atoms with Crippen molar-refractivity contribution in [2.75, 3.05) is 17.5 Å². The minimum absolute atomic E-state index is 0.00755. The Kier molecular flexibility index (Phi) is 8.95. The van der Waals surface area contributed by atoms with Gasteiger partial charge in [0.1, 0.15) is 12.9 Å². The van der Waals surface area contributed by atoms with E-state index in [9.17, 15) is 13.2 Å². The van der Waals surface area contributed by atoms with Gasteiger partial charge in [-0.1, -0.05) is 34.8 Å². The minimum atomic E-state index is -4.10. The lowest BCUT2D eigenvalue weighted by Crippen LogP contribution is -2.42. The van der Waals surface area contributed by atoms with Crippen LogP contribution >= 0.6 is 34.8 Å². The van der Waals surface area contributed by atoms with Crippen molar-refractivity contribution in [3.8, 4) is 0 Å². The van der Waals surface area contributed by atoms with Crippen LogP contribution in [0, 0.1) is 0 Å². The molecule has 3 rings (SSSR count). The Labute approximate surface area is 211 Å². The predicted molar refractivity (Wildman–Crippen MR) is 129 cm³/mol. The largest absolute Gasteiger partial charge is 0.447 e. The lowest BCUT2D eigenvalue weighted by Gasteiger charge is -2.31. The number of ether oxygens (including phenoxy) is 1. The molecule has 0 saturated carbocycles. The first-order valence-corrected chi connectivity index (χ1v) is 12.6. The number of hydrogen-bond donors (Lipinski definition) is 1. The van der Waals surface area contributed by atoms with Crippen LogP contribution in [0.5, 0.6) is 0 Å². The molecule has 3 aromatic rings. The summed E-state index contributed by atoms with van der Waals surface area (Å²) in [5.74, 6) is 0. The number of carbonyl (C=O) groups excluding carboxylic acids is 1. The van der Waals surface area contributed by atoms with Crippen molar-refractivity contribution in [3.63, 3.8) is 0 Å². The molecule has 0 radical (unpaired) electrons. The van der Waals surface area contributed by atoms with Crippen molar-refractivity contribution in [2.45, 2.75) is 30.8 Å². The van der Waals surface area contributed by atoms with Crippen molar-refractivity contribution >= 4 is 56.6 Å². The van der Waals surface area contributed by atoms with Crippen molar-refractivity contribution in [2.24, 2.45) is 0 Å². The topological polar surface area (TPSA) is 119 Å². The van der Waals surface area contributed by atoms with Gasteiger partial charge in [-0.05, 0) is 66.2 Å². The number of hydrogen-bond acceptors (Lipinski definition) is 7. The van der Waals surface area contributed by atoms with Crippen LogP contribution in [0.4, 0.5) is 10.5 Å². The molecule has 0 fully saturated rings. The second kappa shape index (κ2) is 11.7. The van der Waals surface area contributed by atoms with Gasteiger partial charge < -0.3 is 10.1 Å². The summed E-state index contributed by atoms with van der Waals surface area (Å²) in [5.41, 5.74) is 0.155. The third kappa shape index (κ3) is 6.72. The summed E-state index contributed by atoms with van der Waals surface area (Å²) in [6.45, 7) is 2.19. The highest BCUT2D eigenvalue weighted by molar-refractivity contribution is 7.92. The van der Waals surface area contributed by atoms with Gasteiger partial charge in [-0.15, -0.1) is 5.10 Å². The van der Waals surface area contributed by atoms with E-state index in [2.05, 4.69) is 20.8 Å². The molecule has 0 aliphatic carbocycles. The molecule has 0 aliphatic heterocycles. The van der Waals surface area contributed by atoms with Crippen LogP contribution in [0.1, 0.15) is 13.3 Å². The second-order valence-corrected chi connectivity index (χ2v) is 10.2. The zero-order chi connectivity index (χ0) is 24.7. The summed E-state index contributed by atoms with van der Waals surface area (Å²) in [4.78, 5) is 12.1. The number of nitrogens with zero attached hydrogens (tertiary/aromatic N) is 5. The van der Waals surface area contributed by atoms with Crippen LogP contribution in [0.15, 0.2) is 53.7 Å². The van der Waals surface area contributed by atoms with Crippen LogP contribution < -0.4 is 9.62 Å². The molecular formula is C20H21Cl3N6O4S. The molecule has 0 unspecified atom stereocenters. The van der Waals surface area contributed by atoms with Crippen molar-refractivity contribution in [3.05, 3.63) is 63.9 Å². The number of nitrogens with one attached hydrogen (secondary N) is 1. The highest BCUT2D eigenvalue weighted by Crippen LogP contribution is 2.34. The predicted octanol–water partition coefficient (Wildman–Crippen LogP) is 4.03. The molecule has 182 valence electrons. The summed E-state index contributed by atoms with van der Waals surface area (Å²) < 4.78 is 34.9. The first-order chi connectivity index (χ1) is 16.2. The fourth-order valence-corrected chi connectivity index (χ4v) is 5.21. The monoisotopic (exact) mass is 546 g/mol. The van der Waals surface area contributed by atoms with Gasteiger partial charge >= 0.3 is 6.09 Å². The van der Waals surface area contributed by atoms with E-state index < -0.39 is 22.2 Å². The Morgan fingerprint density at radius 2 is 1.85 bits per heavy atom. The van der Waals surface area contributed by atoms with E-state index >= 15 is 0 Å². The summed E-state index contributed by atoms with van der Waals surface area (Å²) >= 11 is 18.3. The fourth-order valence-electron chi connectivity index (χ4n) is 3.01. The van der Waals surface area contributed by atoms with Gasteiger partial charge in [-0.25, -0.2) is 17.9 Å². The lowest BCUT2D eigenvalue weighted by molar-refractivity contribution is 0.141. The van der Waals surface area contributed by atoms with Gasteiger partial charge in [-0.2, -0.15) is 0 Å². The van der Waals surface area contributed by atoms with Crippen LogP contribution in [0.3, 0.4) is 0 Å². The van der Waals surface area contributed by atoms with Crippen LogP contribution in [-0.4, -0.2) is 53.9 Å². The molecule has 1 aromatic heterocycles. The molecule has 2 aromatic carbocycles. The SMILES string of the molecule is C[C@H](COC(=O)NCCCn1cnnn1)N(c1cc(Cl)ccc1Cl)S(=O)(=O)c1ccc(Cl)cc1. The molecule has 0 spiro atoms. The molecule has 0 aliphatic rings. The maximum Gasteiger partial charge on any atom is 0.407 e. The zero-order valence-electron chi connectivity index (χ0n) is 17.9. The molecule has 10 nitrogen and oxygen atoms in total. The van der Waals surface area contributed by atoms with E-state index in [4.69, 9.17) is 39.5 Å². The minimum Gasteiger partial charge on any atom is -0.447 e.